The Hall–Kier alpha value is -1.55. The van der Waals surface area contributed by atoms with E-state index in [1.807, 2.05) is 0 Å². The summed E-state index contributed by atoms with van der Waals surface area (Å²) < 4.78 is 25.9. The second kappa shape index (κ2) is 2.99. The molecule has 1 atom stereocenters. The van der Waals surface area contributed by atoms with Crippen LogP contribution in [-0.2, 0) is 4.79 Å². The number of carboxylic acids is 1. The smallest absolute Gasteiger partial charge is 0.355 e. The average Bonchev–Trinajstić information content (AvgIpc) is 2.85. The molecule has 1 rings (SSSR count). The van der Waals surface area contributed by atoms with Gasteiger partial charge in [0, 0.05) is 6.42 Å². The van der Waals surface area contributed by atoms with Crippen LogP contribution in [0, 0.1) is 12.3 Å². The van der Waals surface area contributed by atoms with Crippen LogP contribution in [0.5, 0.6) is 0 Å². The minimum atomic E-state index is -3.58. The molecule has 0 bridgehead atoms. The highest BCUT2D eigenvalue weighted by Crippen LogP contribution is 2.45. The maximum absolute atomic E-state index is 12.9. The van der Waals surface area contributed by atoms with Gasteiger partial charge in [-0.25, -0.2) is 0 Å². The van der Waals surface area contributed by atoms with Gasteiger partial charge in [-0.05, 0) is 5.92 Å². The zero-order chi connectivity index (χ0) is 11.0. The molecule has 1 aliphatic rings. The highest BCUT2D eigenvalue weighted by molar-refractivity contribution is 5.73. The molecule has 1 heterocycles. The Bertz CT molecular complexity index is 328. The molecule has 0 radical (unpaired) electrons. The molecule has 0 aromatic carbocycles. The molecule has 1 aliphatic heterocycles. The SMILES string of the molecule is C#CC(F)(F)C1(C[C@H](N)C(=O)O)N=N1. The second-order valence-electron chi connectivity index (χ2n) is 2.88. The highest BCUT2D eigenvalue weighted by atomic mass is 19.3. The van der Waals surface area contributed by atoms with E-state index >= 15 is 0 Å². The number of aliphatic carboxylic acids is 1. The van der Waals surface area contributed by atoms with Crippen LogP contribution >= 0.6 is 0 Å². The summed E-state index contributed by atoms with van der Waals surface area (Å²) >= 11 is 0. The van der Waals surface area contributed by atoms with Crippen molar-refractivity contribution in [2.45, 2.75) is 24.0 Å². The van der Waals surface area contributed by atoms with Crippen LogP contribution in [0.25, 0.3) is 0 Å². The summed E-state index contributed by atoms with van der Waals surface area (Å²) in [6.45, 7) is 0. The molecule has 0 spiro atoms. The Morgan fingerprint density at radius 1 is 1.71 bits per heavy atom. The summed E-state index contributed by atoms with van der Waals surface area (Å²) in [6, 6.07) is -1.45. The predicted octanol–water partition coefficient (Wildman–Crippen LogP) is 0.219. The van der Waals surface area contributed by atoms with Gasteiger partial charge in [0.2, 0.25) is 0 Å². The van der Waals surface area contributed by atoms with Gasteiger partial charge in [0.15, 0.2) is 0 Å². The second-order valence-corrected chi connectivity index (χ2v) is 2.88. The number of halogens is 2. The van der Waals surface area contributed by atoms with Crippen molar-refractivity contribution in [1.29, 1.82) is 0 Å². The van der Waals surface area contributed by atoms with E-state index in [1.165, 1.54) is 5.92 Å². The van der Waals surface area contributed by atoms with Crippen LogP contribution in [-0.4, -0.2) is 28.7 Å². The molecule has 0 saturated heterocycles. The minimum absolute atomic E-state index is 0.598. The molecule has 0 fully saturated rings. The van der Waals surface area contributed by atoms with Gasteiger partial charge in [0.1, 0.15) is 6.04 Å². The van der Waals surface area contributed by atoms with Crippen molar-refractivity contribution in [3.8, 4) is 12.3 Å². The van der Waals surface area contributed by atoms with Crippen molar-refractivity contribution >= 4 is 5.97 Å². The quantitative estimate of drug-likeness (QED) is 0.640. The van der Waals surface area contributed by atoms with Crippen molar-refractivity contribution in [2.24, 2.45) is 16.0 Å². The molecule has 3 N–H and O–H groups in total. The lowest BCUT2D eigenvalue weighted by Crippen LogP contribution is -2.43. The number of hydrogen-bond donors (Lipinski definition) is 2. The van der Waals surface area contributed by atoms with Crippen LogP contribution in [0.4, 0.5) is 8.78 Å². The van der Waals surface area contributed by atoms with Crippen molar-refractivity contribution in [1.82, 2.24) is 0 Å². The molecule has 0 unspecified atom stereocenters. The van der Waals surface area contributed by atoms with E-state index in [1.54, 1.807) is 0 Å². The molecule has 5 nitrogen and oxygen atoms in total. The van der Waals surface area contributed by atoms with Gasteiger partial charge >= 0.3 is 11.9 Å². The molecule has 76 valence electrons. The average molecular weight is 203 g/mol. The number of terminal acetylenes is 1. The first kappa shape index (κ1) is 10.5. The number of rotatable bonds is 4. The Morgan fingerprint density at radius 3 is 2.50 bits per heavy atom. The fourth-order valence-electron chi connectivity index (χ4n) is 0.905. The molecule has 0 saturated carbocycles. The highest BCUT2D eigenvalue weighted by Gasteiger charge is 2.62. The molecule has 14 heavy (non-hydrogen) atoms. The maximum Gasteiger partial charge on any atom is 0.355 e. The number of carboxylic acid groups (broad SMARTS) is 1. The fraction of sp³-hybridized carbons (Fsp3) is 0.571. The summed E-state index contributed by atoms with van der Waals surface area (Å²) in [7, 11) is 0. The van der Waals surface area contributed by atoms with Crippen LogP contribution in [0.1, 0.15) is 6.42 Å². The summed E-state index contributed by atoms with van der Waals surface area (Å²) in [5, 5.41) is 14.6. The normalized spacial score (nSPS) is 19.9. The van der Waals surface area contributed by atoms with E-state index in [-0.39, 0.29) is 0 Å². The number of nitrogens with zero attached hydrogens (tertiary/aromatic N) is 2. The molecule has 0 aromatic rings. The monoisotopic (exact) mass is 203 g/mol. The van der Waals surface area contributed by atoms with Gasteiger partial charge in [-0.1, -0.05) is 0 Å². The Labute approximate surface area is 78.0 Å². The van der Waals surface area contributed by atoms with Crippen LogP contribution in [0.3, 0.4) is 0 Å². The van der Waals surface area contributed by atoms with Gasteiger partial charge in [-0.15, -0.1) is 6.42 Å². The van der Waals surface area contributed by atoms with E-state index in [4.69, 9.17) is 10.8 Å². The van der Waals surface area contributed by atoms with Crippen LogP contribution in [0.15, 0.2) is 10.2 Å². The predicted molar refractivity (Wildman–Crippen MR) is 41.6 cm³/mol. The van der Waals surface area contributed by atoms with Crippen LogP contribution in [0.2, 0.25) is 0 Å². The third kappa shape index (κ3) is 1.56. The van der Waals surface area contributed by atoms with Gasteiger partial charge < -0.3 is 10.8 Å². The first-order valence-corrected chi connectivity index (χ1v) is 3.63. The van der Waals surface area contributed by atoms with E-state index < -0.39 is 30.0 Å². The van der Waals surface area contributed by atoms with Gasteiger partial charge in [0.05, 0.1) is 0 Å². The first-order chi connectivity index (χ1) is 6.34. The van der Waals surface area contributed by atoms with Gasteiger partial charge in [-0.3, -0.25) is 4.79 Å². The van der Waals surface area contributed by atoms with E-state index in [9.17, 15) is 13.6 Å². The molecular weight excluding hydrogens is 196 g/mol. The topological polar surface area (TPSA) is 88.0 Å². The molecule has 7 heteroatoms. The van der Waals surface area contributed by atoms with Crippen molar-refractivity contribution < 1.29 is 18.7 Å². The van der Waals surface area contributed by atoms with Crippen LogP contribution < -0.4 is 5.73 Å². The lowest BCUT2D eigenvalue weighted by Gasteiger charge is -2.18. The first-order valence-electron chi connectivity index (χ1n) is 3.63. The zero-order valence-electron chi connectivity index (χ0n) is 6.94. The molecular formula is C7H7F2N3O2. The standard InChI is InChI=1S/C7H7F2N3O2/c1-2-6(8,9)7(11-12-7)3-4(10)5(13)14/h1,4H,3,10H2,(H,13,14)/t4-/m0/s1. The lowest BCUT2D eigenvalue weighted by molar-refractivity contribution is -0.139. The lowest BCUT2D eigenvalue weighted by atomic mass is 9.98. The summed E-state index contributed by atoms with van der Waals surface area (Å²) in [5.41, 5.74) is 2.95. The van der Waals surface area contributed by atoms with Gasteiger partial charge in [0.25, 0.3) is 5.66 Å². The zero-order valence-corrected chi connectivity index (χ0v) is 6.94. The molecule has 0 aliphatic carbocycles. The fourth-order valence-corrected chi connectivity index (χ4v) is 0.905. The number of nitrogens with two attached hydrogens (primary N) is 1. The van der Waals surface area contributed by atoms with E-state index in [0.717, 1.165) is 0 Å². The Balaban J connectivity index is 2.70. The summed E-state index contributed by atoms with van der Waals surface area (Å²) in [5.74, 6) is -3.76. The van der Waals surface area contributed by atoms with Crippen molar-refractivity contribution in [2.75, 3.05) is 0 Å². The third-order valence-corrected chi connectivity index (χ3v) is 1.85. The molecule has 0 aromatic heterocycles. The minimum Gasteiger partial charge on any atom is -0.480 e. The third-order valence-electron chi connectivity index (χ3n) is 1.85. The van der Waals surface area contributed by atoms with Crippen molar-refractivity contribution in [3.05, 3.63) is 0 Å². The summed E-state index contributed by atoms with van der Waals surface area (Å²) in [4.78, 5) is 10.3. The number of carbonyl (C=O) groups is 1. The van der Waals surface area contributed by atoms with E-state index in [2.05, 4.69) is 16.7 Å². The summed E-state index contributed by atoms with van der Waals surface area (Å²) in [6.07, 6.45) is 3.98. The molecule has 0 amide bonds. The Morgan fingerprint density at radius 2 is 2.21 bits per heavy atom. The van der Waals surface area contributed by atoms with E-state index in [0.29, 0.717) is 0 Å². The maximum atomic E-state index is 12.9. The number of alkyl halides is 2. The Kier molecular flexibility index (Phi) is 2.25. The number of hydrogen-bond acceptors (Lipinski definition) is 4. The van der Waals surface area contributed by atoms with Gasteiger partial charge in [-0.2, -0.15) is 19.0 Å². The largest absolute Gasteiger partial charge is 0.480 e. The van der Waals surface area contributed by atoms with Crippen molar-refractivity contribution in [3.63, 3.8) is 0 Å².